The number of amides is 1. The summed E-state index contributed by atoms with van der Waals surface area (Å²) in [6.07, 6.45) is 5.35. The minimum Gasteiger partial charge on any atom is -0.319 e. The zero-order valence-corrected chi connectivity index (χ0v) is 22.6. The standard InChI is InChI=1S/C24H29F2N5O3.3ClH/c25-24(26)10-20(11-27)30(15-24)21(32)13-29-23-8-17-4-18(9-23)7-22(6-17,14-23)28-12-16-2-1-3-19(5-16)31(33)34;;;/h1-3,5,17-18,20,28-29H,4,6-10,12-15H2;3*1H/t17?,18?,20-,22?,23?;;;/m0.../s1. The van der Waals surface area contributed by atoms with Gasteiger partial charge in [0.25, 0.3) is 11.6 Å². The fourth-order valence-electron chi connectivity index (χ4n) is 7.30. The molecule has 1 heterocycles. The summed E-state index contributed by atoms with van der Waals surface area (Å²) in [4.78, 5) is 24.5. The summed E-state index contributed by atoms with van der Waals surface area (Å²) >= 11 is 0. The maximum Gasteiger partial charge on any atom is 0.269 e. The number of halogens is 5. The Kier molecular flexibility index (Phi) is 9.81. The molecule has 5 aliphatic rings. The van der Waals surface area contributed by atoms with Gasteiger partial charge in [-0.05, 0) is 55.9 Å². The zero-order valence-electron chi connectivity index (χ0n) is 20.2. The van der Waals surface area contributed by atoms with Gasteiger partial charge in [-0.15, -0.1) is 37.2 Å². The molecule has 206 valence electrons. The first-order valence-electron chi connectivity index (χ1n) is 11.9. The van der Waals surface area contributed by atoms with Gasteiger partial charge in [-0.3, -0.25) is 14.9 Å². The molecular weight excluding hydrogens is 551 g/mol. The van der Waals surface area contributed by atoms with Crippen LogP contribution in [0, 0.1) is 33.3 Å². The predicted molar refractivity (Wildman–Crippen MR) is 141 cm³/mol. The summed E-state index contributed by atoms with van der Waals surface area (Å²) < 4.78 is 27.6. The maximum absolute atomic E-state index is 13.8. The molecule has 1 saturated heterocycles. The second kappa shape index (κ2) is 11.5. The Bertz CT molecular complexity index is 1040. The van der Waals surface area contributed by atoms with Crippen molar-refractivity contribution in [3.8, 4) is 6.07 Å². The summed E-state index contributed by atoms with van der Waals surface area (Å²) in [7, 11) is 0. The third-order valence-corrected chi connectivity index (χ3v) is 8.20. The van der Waals surface area contributed by atoms with Crippen LogP contribution in [0.4, 0.5) is 14.5 Å². The maximum atomic E-state index is 13.8. The molecule has 13 heteroatoms. The highest BCUT2D eigenvalue weighted by Gasteiger charge is 2.57. The number of nitrogens with zero attached hydrogens (tertiary/aromatic N) is 3. The van der Waals surface area contributed by atoms with Gasteiger partial charge in [0.1, 0.15) is 6.04 Å². The molecule has 2 unspecified atom stereocenters. The minimum atomic E-state index is -3.02. The molecule has 37 heavy (non-hydrogen) atoms. The molecule has 1 aliphatic heterocycles. The van der Waals surface area contributed by atoms with Gasteiger partial charge < -0.3 is 15.5 Å². The number of nitro benzene ring substituents is 1. The fourth-order valence-corrected chi connectivity index (χ4v) is 7.30. The molecule has 1 amide bonds. The number of nitriles is 1. The van der Waals surface area contributed by atoms with E-state index in [0.717, 1.165) is 49.0 Å². The summed E-state index contributed by atoms with van der Waals surface area (Å²) in [6, 6.07) is 7.41. The van der Waals surface area contributed by atoms with Gasteiger partial charge in [-0.1, -0.05) is 12.1 Å². The molecule has 8 nitrogen and oxygen atoms in total. The van der Waals surface area contributed by atoms with Crippen molar-refractivity contribution in [1.29, 1.82) is 5.26 Å². The van der Waals surface area contributed by atoms with Crippen molar-refractivity contribution in [2.75, 3.05) is 13.1 Å². The van der Waals surface area contributed by atoms with E-state index >= 15 is 0 Å². The number of benzene rings is 1. The molecule has 1 aromatic carbocycles. The number of nitrogens with one attached hydrogen (secondary N) is 2. The Labute approximate surface area is 233 Å². The van der Waals surface area contributed by atoms with Crippen molar-refractivity contribution >= 4 is 48.8 Å². The smallest absolute Gasteiger partial charge is 0.269 e. The first-order valence-corrected chi connectivity index (χ1v) is 11.9. The largest absolute Gasteiger partial charge is 0.319 e. The summed E-state index contributed by atoms with van der Waals surface area (Å²) in [5.74, 6) is -2.43. The quantitative estimate of drug-likeness (QED) is 0.364. The molecule has 5 fully saturated rings. The summed E-state index contributed by atoms with van der Waals surface area (Å²) in [5.41, 5.74) is 0.588. The molecule has 1 aromatic rings. The van der Waals surface area contributed by atoms with Crippen LogP contribution in [0.5, 0.6) is 0 Å². The lowest BCUT2D eigenvalue weighted by Gasteiger charge is -2.62. The van der Waals surface area contributed by atoms with E-state index in [9.17, 15) is 29.0 Å². The molecular formula is C24H32Cl3F2N5O3. The minimum absolute atomic E-state index is 0. The molecule has 0 radical (unpaired) electrons. The van der Waals surface area contributed by atoms with Gasteiger partial charge >= 0.3 is 0 Å². The van der Waals surface area contributed by atoms with Crippen molar-refractivity contribution in [3.63, 3.8) is 0 Å². The zero-order chi connectivity index (χ0) is 24.1. The van der Waals surface area contributed by atoms with Crippen LogP contribution in [0.15, 0.2) is 24.3 Å². The normalized spacial score (nSPS) is 32.5. The molecule has 4 bridgehead atoms. The highest BCUT2D eigenvalue weighted by atomic mass is 35.5. The van der Waals surface area contributed by atoms with E-state index in [4.69, 9.17) is 0 Å². The Morgan fingerprint density at radius 3 is 2.32 bits per heavy atom. The first kappa shape index (κ1) is 31.4. The van der Waals surface area contributed by atoms with Gasteiger partial charge in [-0.25, -0.2) is 8.78 Å². The lowest BCUT2D eigenvalue weighted by molar-refractivity contribution is -0.384. The van der Waals surface area contributed by atoms with Crippen LogP contribution >= 0.6 is 37.2 Å². The lowest BCUT2D eigenvalue weighted by Crippen LogP contribution is -2.69. The molecule has 0 spiro atoms. The Morgan fingerprint density at radius 1 is 1.11 bits per heavy atom. The Morgan fingerprint density at radius 2 is 1.73 bits per heavy atom. The number of carbonyl (C=O) groups is 1. The van der Waals surface area contributed by atoms with Crippen LogP contribution in [0.1, 0.15) is 50.5 Å². The van der Waals surface area contributed by atoms with E-state index in [1.807, 2.05) is 12.1 Å². The second-order valence-electron chi connectivity index (χ2n) is 10.9. The third kappa shape index (κ3) is 6.45. The van der Waals surface area contributed by atoms with Gasteiger partial charge in [0, 0.05) is 36.2 Å². The van der Waals surface area contributed by atoms with Gasteiger partial charge in [0.2, 0.25) is 5.91 Å². The molecule has 6 rings (SSSR count). The van der Waals surface area contributed by atoms with Crippen LogP contribution in [-0.4, -0.2) is 51.9 Å². The average molecular weight is 583 g/mol. The second-order valence-corrected chi connectivity index (χ2v) is 10.9. The van der Waals surface area contributed by atoms with Crippen molar-refractivity contribution in [3.05, 3.63) is 39.9 Å². The molecule has 2 N–H and O–H groups in total. The number of hydrogen-bond acceptors (Lipinski definition) is 6. The Balaban J connectivity index is 0.00000160. The van der Waals surface area contributed by atoms with Gasteiger partial charge in [0.05, 0.1) is 24.1 Å². The van der Waals surface area contributed by atoms with E-state index in [0.29, 0.717) is 18.4 Å². The topological polar surface area (TPSA) is 111 Å². The summed E-state index contributed by atoms with van der Waals surface area (Å²) in [5, 5.41) is 27.5. The van der Waals surface area contributed by atoms with Gasteiger partial charge in [-0.2, -0.15) is 5.26 Å². The van der Waals surface area contributed by atoms with E-state index in [2.05, 4.69) is 10.6 Å². The average Bonchev–Trinajstić information content (AvgIpc) is 3.10. The summed E-state index contributed by atoms with van der Waals surface area (Å²) in [6.45, 7) is -0.212. The number of alkyl halides is 2. The number of likely N-dealkylation sites (tertiary alicyclic amines) is 1. The predicted octanol–water partition coefficient (Wildman–Crippen LogP) is 4.39. The van der Waals surface area contributed by atoms with E-state index in [1.165, 1.54) is 6.07 Å². The molecule has 3 atom stereocenters. The first-order chi connectivity index (χ1) is 16.1. The fraction of sp³-hybridized carbons (Fsp3) is 0.667. The van der Waals surface area contributed by atoms with E-state index in [1.54, 1.807) is 12.1 Å². The van der Waals surface area contributed by atoms with Crippen LogP contribution in [0.2, 0.25) is 0 Å². The van der Waals surface area contributed by atoms with Crippen molar-refractivity contribution in [1.82, 2.24) is 15.5 Å². The number of hydrogen-bond donors (Lipinski definition) is 2. The molecule has 4 saturated carbocycles. The number of carbonyl (C=O) groups excluding carboxylic acids is 1. The number of rotatable bonds is 7. The number of nitro groups is 1. The van der Waals surface area contributed by atoms with E-state index in [-0.39, 0.29) is 60.5 Å². The Hall–Kier alpha value is -1.77. The van der Waals surface area contributed by atoms with Crippen molar-refractivity contribution in [2.45, 2.75) is 74.5 Å². The van der Waals surface area contributed by atoms with Crippen LogP contribution in [0.3, 0.4) is 0 Å². The third-order valence-electron chi connectivity index (χ3n) is 8.20. The van der Waals surface area contributed by atoms with Crippen LogP contribution < -0.4 is 10.6 Å². The van der Waals surface area contributed by atoms with Crippen molar-refractivity contribution in [2.24, 2.45) is 11.8 Å². The molecule has 0 aromatic heterocycles. The van der Waals surface area contributed by atoms with E-state index < -0.39 is 35.8 Å². The number of non-ortho nitro benzene ring substituents is 1. The van der Waals surface area contributed by atoms with Crippen LogP contribution in [-0.2, 0) is 11.3 Å². The SMILES string of the molecule is Cl.Cl.Cl.N#C[C@@H]1CC(F)(F)CN1C(=O)CNC12CC3CC(C1)CC(NCc1cccc([N+](=O)[O-])c1)(C3)C2. The van der Waals surface area contributed by atoms with Crippen LogP contribution in [0.25, 0.3) is 0 Å². The highest BCUT2D eigenvalue weighted by molar-refractivity contribution is 5.86. The monoisotopic (exact) mass is 581 g/mol. The highest BCUT2D eigenvalue weighted by Crippen LogP contribution is 2.57. The van der Waals surface area contributed by atoms with Gasteiger partial charge in [0.15, 0.2) is 0 Å². The molecule has 4 aliphatic carbocycles. The van der Waals surface area contributed by atoms with Crippen molar-refractivity contribution < 1.29 is 18.5 Å². The lowest BCUT2D eigenvalue weighted by atomic mass is 9.50.